The molecule has 1 aromatic heterocycles. The van der Waals surface area contributed by atoms with E-state index in [0.717, 1.165) is 10.8 Å². The van der Waals surface area contributed by atoms with E-state index in [1.54, 1.807) is 37.4 Å². The normalized spacial score (nSPS) is 12.6. The van der Waals surface area contributed by atoms with Crippen molar-refractivity contribution >= 4 is 28.5 Å². The SMILES string of the molecule is CC(C(=O)S)c1nccc2cc(O)ccc12. The van der Waals surface area contributed by atoms with Gasteiger partial charge in [-0.25, -0.2) is 0 Å². The van der Waals surface area contributed by atoms with Crippen LogP contribution in [0, 0.1) is 0 Å². The van der Waals surface area contributed by atoms with Crippen molar-refractivity contribution in [1.82, 2.24) is 4.98 Å². The number of aromatic nitrogens is 1. The second-order valence-corrected chi connectivity index (χ2v) is 4.10. The molecule has 0 fully saturated rings. The second-order valence-electron chi connectivity index (χ2n) is 3.66. The third-order valence-electron chi connectivity index (χ3n) is 2.56. The van der Waals surface area contributed by atoms with E-state index < -0.39 is 0 Å². The molecule has 0 spiro atoms. The Morgan fingerprint density at radius 3 is 2.88 bits per heavy atom. The molecule has 82 valence electrons. The minimum absolute atomic E-state index is 0.203. The quantitative estimate of drug-likeness (QED) is 0.783. The van der Waals surface area contributed by atoms with Crippen LogP contribution in [0.25, 0.3) is 10.8 Å². The Labute approximate surface area is 98.5 Å². The lowest BCUT2D eigenvalue weighted by Gasteiger charge is -2.09. The maximum Gasteiger partial charge on any atom is 0.194 e. The van der Waals surface area contributed by atoms with E-state index in [9.17, 15) is 9.90 Å². The van der Waals surface area contributed by atoms with Crippen LogP contribution in [-0.4, -0.2) is 15.2 Å². The van der Waals surface area contributed by atoms with Gasteiger partial charge in [0, 0.05) is 11.6 Å². The number of pyridine rings is 1. The van der Waals surface area contributed by atoms with E-state index >= 15 is 0 Å². The van der Waals surface area contributed by atoms with Gasteiger partial charge < -0.3 is 5.11 Å². The third kappa shape index (κ3) is 1.88. The molecule has 0 amide bonds. The zero-order valence-electron chi connectivity index (χ0n) is 8.71. The summed E-state index contributed by atoms with van der Waals surface area (Å²) in [5.41, 5.74) is 0.692. The second kappa shape index (κ2) is 4.14. The van der Waals surface area contributed by atoms with E-state index in [-0.39, 0.29) is 16.8 Å². The molecule has 1 heterocycles. The Morgan fingerprint density at radius 2 is 2.19 bits per heavy atom. The molecule has 2 rings (SSSR count). The molecule has 0 saturated carbocycles. The molecule has 1 aromatic carbocycles. The highest BCUT2D eigenvalue weighted by molar-refractivity contribution is 7.96. The van der Waals surface area contributed by atoms with Gasteiger partial charge in [-0.3, -0.25) is 9.78 Å². The summed E-state index contributed by atoms with van der Waals surface area (Å²) in [6, 6.07) is 6.80. The standard InChI is InChI=1S/C12H11NO2S/c1-7(12(15)16)11-10-3-2-9(14)6-8(10)4-5-13-11/h2-7,14H,1H3,(H,15,16). The molecule has 0 aliphatic carbocycles. The first-order valence-corrected chi connectivity index (χ1v) is 5.35. The monoisotopic (exact) mass is 233 g/mol. The van der Waals surface area contributed by atoms with Gasteiger partial charge in [0.15, 0.2) is 5.12 Å². The average Bonchev–Trinajstić information content (AvgIpc) is 2.26. The smallest absolute Gasteiger partial charge is 0.194 e. The van der Waals surface area contributed by atoms with E-state index in [0.29, 0.717) is 5.69 Å². The van der Waals surface area contributed by atoms with Gasteiger partial charge in [0.1, 0.15) is 5.75 Å². The summed E-state index contributed by atoms with van der Waals surface area (Å²) in [5.74, 6) is -0.147. The lowest BCUT2D eigenvalue weighted by Crippen LogP contribution is -2.04. The lowest BCUT2D eigenvalue weighted by atomic mass is 10.0. The number of thiol groups is 1. The largest absolute Gasteiger partial charge is 0.508 e. The summed E-state index contributed by atoms with van der Waals surface area (Å²) in [6.45, 7) is 1.77. The highest BCUT2D eigenvalue weighted by atomic mass is 32.1. The molecule has 1 N–H and O–H groups in total. The minimum Gasteiger partial charge on any atom is -0.508 e. The third-order valence-corrected chi connectivity index (χ3v) is 2.95. The lowest BCUT2D eigenvalue weighted by molar-refractivity contribution is -0.111. The van der Waals surface area contributed by atoms with Crippen molar-refractivity contribution in [3.05, 3.63) is 36.2 Å². The van der Waals surface area contributed by atoms with Crippen molar-refractivity contribution in [3.8, 4) is 5.75 Å². The molecule has 0 aliphatic rings. The molecule has 16 heavy (non-hydrogen) atoms. The van der Waals surface area contributed by atoms with Crippen LogP contribution in [0.15, 0.2) is 30.5 Å². The number of phenolic OH excluding ortho intramolecular Hbond substituents is 1. The van der Waals surface area contributed by atoms with Crippen LogP contribution in [0.2, 0.25) is 0 Å². The van der Waals surface area contributed by atoms with Crippen LogP contribution in [0.4, 0.5) is 0 Å². The number of hydrogen-bond acceptors (Lipinski definition) is 3. The zero-order chi connectivity index (χ0) is 11.7. The van der Waals surface area contributed by atoms with Gasteiger partial charge in [-0.2, -0.15) is 0 Å². The number of rotatable bonds is 2. The molecular formula is C12H11NO2S. The molecule has 1 atom stereocenters. The minimum atomic E-state index is -0.350. The van der Waals surface area contributed by atoms with Crippen LogP contribution >= 0.6 is 12.6 Å². The van der Waals surface area contributed by atoms with Gasteiger partial charge in [0.2, 0.25) is 0 Å². The number of hydrogen-bond donors (Lipinski definition) is 2. The fourth-order valence-corrected chi connectivity index (χ4v) is 1.77. The molecule has 3 nitrogen and oxygen atoms in total. The zero-order valence-corrected chi connectivity index (χ0v) is 9.61. The van der Waals surface area contributed by atoms with E-state index in [2.05, 4.69) is 17.6 Å². The fourth-order valence-electron chi connectivity index (χ4n) is 1.65. The van der Waals surface area contributed by atoms with Crippen LogP contribution < -0.4 is 0 Å². The van der Waals surface area contributed by atoms with Crippen molar-refractivity contribution in [1.29, 1.82) is 0 Å². The Hall–Kier alpha value is -1.55. The first kappa shape index (κ1) is 11.0. The van der Waals surface area contributed by atoms with E-state index in [1.165, 1.54) is 0 Å². The van der Waals surface area contributed by atoms with Gasteiger partial charge in [-0.15, -0.1) is 12.6 Å². The molecule has 4 heteroatoms. The Balaban J connectivity index is 2.66. The highest BCUT2D eigenvalue weighted by Gasteiger charge is 2.15. The number of carbonyl (C=O) groups excluding carboxylic acids is 1. The van der Waals surface area contributed by atoms with Crippen LogP contribution in [-0.2, 0) is 4.79 Å². The number of carbonyl (C=O) groups is 1. The topological polar surface area (TPSA) is 50.2 Å². The summed E-state index contributed by atoms with van der Waals surface area (Å²) in [6.07, 6.45) is 1.63. The van der Waals surface area contributed by atoms with Gasteiger partial charge in [-0.05, 0) is 36.6 Å². The Morgan fingerprint density at radius 1 is 1.44 bits per heavy atom. The van der Waals surface area contributed by atoms with Crippen LogP contribution in [0.1, 0.15) is 18.5 Å². The molecular weight excluding hydrogens is 222 g/mol. The molecule has 0 bridgehead atoms. The molecule has 0 aliphatic heterocycles. The van der Waals surface area contributed by atoms with Crippen molar-refractivity contribution < 1.29 is 9.90 Å². The average molecular weight is 233 g/mol. The number of phenols is 1. The van der Waals surface area contributed by atoms with Gasteiger partial charge >= 0.3 is 0 Å². The molecule has 1 unspecified atom stereocenters. The first-order valence-electron chi connectivity index (χ1n) is 4.90. The summed E-state index contributed by atoms with van der Waals surface area (Å²) >= 11 is 3.82. The van der Waals surface area contributed by atoms with Crippen molar-refractivity contribution in [2.24, 2.45) is 0 Å². The van der Waals surface area contributed by atoms with Crippen molar-refractivity contribution in [3.63, 3.8) is 0 Å². The van der Waals surface area contributed by atoms with Crippen LogP contribution in [0.5, 0.6) is 5.75 Å². The molecule has 0 saturated heterocycles. The number of nitrogens with zero attached hydrogens (tertiary/aromatic N) is 1. The highest BCUT2D eigenvalue weighted by Crippen LogP contribution is 2.27. The van der Waals surface area contributed by atoms with E-state index in [1.807, 2.05) is 0 Å². The molecule has 2 aromatic rings. The maximum atomic E-state index is 11.2. The summed E-state index contributed by atoms with van der Waals surface area (Å²) in [7, 11) is 0. The maximum absolute atomic E-state index is 11.2. The van der Waals surface area contributed by atoms with Crippen LogP contribution in [0.3, 0.4) is 0 Å². The van der Waals surface area contributed by atoms with Gasteiger partial charge in [0.05, 0.1) is 11.6 Å². The Kier molecular flexibility index (Phi) is 2.83. The van der Waals surface area contributed by atoms with Gasteiger partial charge in [-0.1, -0.05) is 0 Å². The Bertz CT molecular complexity index is 554. The summed E-state index contributed by atoms with van der Waals surface area (Å²) in [4.78, 5) is 15.4. The first-order chi connectivity index (χ1) is 7.59. The number of fused-ring (bicyclic) bond motifs is 1. The molecule has 0 radical (unpaired) electrons. The predicted octanol–water partition coefficient (Wildman–Crippen LogP) is 2.50. The summed E-state index contributed by atoms with van der Waals surface area (Å²) < 4.78 is 0. The van der Waals surface area contributed by atoms with Crippen molar-refractivity contribution in [2.45, 2.75) is 12.8 Å². The predicted molar refractivity (Wildman–Crippen MR) is 65.8 cm³/mol. The number of benzene rings is 1. The van der Waals surface area contributed by atoms with Crippen molar-refractivity contribution in [2.75, 3.05) is 0 Å². The van der Waals surface area contributed by atoms with Gasteiger partial charge in [0.25, 0.3) is 0 Å². The summed E-state index contributed by atoms with van der Waals surface area (Å²) in [5, 5.41) is 10.9. The number of aromatic hydroxyl groups is 1. The van der Waals surface area contributed by atoms with E-state index in [4.69, 9.17) is 0 Å². The fraction of sp³-hybridized carbons (Fsp3) is 0.167.